The molecule has 2 aliphatic rings. The van der Waals surface area contributed by atoms with Crippen LogP contribution < -0.4 is 5.32 Å². The summed E-state index contributed by atoms with van der Waals surface area (Å²) < 4.78 is 27.4. The van der Waals surface area contributed by atoms with Gasteiger partial charge in [-0.25, -0.2) is 8.78 Å². The molecule has 0 aliphatic carbocycles. The lowest BCUT2D eigenvalue weighted by Crippen LogP contribution is -2.50. The Morgan fingerprint density at radius 2 is 1.90 bits per heavy atom. The summed E-state index contributed by atoms with van der Waals surface area (Å²) in [6, 6.07) is 3.05. The first-order valence-corrected chi connectivity index (χ1v) is 10.2. The van der Waals surface area contributed by atoms with Gasteiger partial charge in [-0.05, 0) is 50.3 Å². The summed E-state index contributed by atoms with van der Waals surface area (Å²) in [6.45, 7) is 4.32. The van der Waals surface area contributed by atoms with Gasteiger partial charge in [-0.1, -0.05) is 0 Å². The maximum atomic E-state index is 14.0. The Hall–Kier alpha value is -2.06. The Morgan fingerprint density at radius 3 is 2.59 bits per heavy atom. The molecule has 2 heterocycles. The Morgan fingerprint density at radius 1 is 1.17 bits per heavy atom. The number of hydrogen-bond donors (Lipinski definition) is 2. The zero-order valence-electron chi connectivity index (χ0n) is 16.8. The van der Waals surface area contributed by atoms with Gasteiger partial charge in [-0.2, -0.15) is 0 Å². The van der Waals surface area contributed by atoms with Crippen LogP contribution in [0, 0.1) is 11.6 Å². The first-order chi connectivity index (χ1) is 13.8. The van der Waals surface area contributed by atoms with Gasteiger partial charge in [0.15, 0.2) is 0 Å². The van der Waals surface area contributed by atoms with Crippen LogP contribution >= 0.6 is 0 Å². The van der Waals surface area contributed by atoms with Crippen LogP contribution in [0.25, 0.3) is 0 Å². The molecule has 0 radical (unpaired) electrons. The van der Waals surface area contributed by atoms with Gasteiger partial charge < -0.3 is 20.2 Å². The monoisotopic (exact) mass is 409 g/mol. The summed E-state index contributed by atoms with van der Waals surface area (Å²) in [5, 5.41) is 14.0. The number of piperidine rings is 1. The molecule has 1 aromatic rings. The van der Waals surface area contributed by atoms with Crippen molar-refractivity contribution in [2.45, 2.75) is 50.7 Å². The quantitative estimate of drug-likeness (QED) is 0.797. The number of halogens is 2. The normalized spacial score (nSPS) is 24.2. The zero-order valence-corrected chi connectivity index (χ0v) is 16.8. The van der Waals surface area contributed by atoms with Gasteiger partial charge in [0.2, 0.25) is 5.91 Å². The number of likely N-dealkylation sites (tertiary alicyclic amines) is 2. The fourth-order valence-electron chi connectivity index (χ4n) is 4.31. The van der Waals surface area contributed by atoms with Crippen molar-refractivity contribution in [2.24, 2.45) is 0 Å². The molecular formula is C21H29F2N3O3. The molecule has 2 amide bonds. The second-order valence-electron chi connectivity index (χ2n) is 8.25. The van der Waals surface area contributed by atoms with Crippen LogP contribution in [0.5, 0.6) is 0 Å². The first-order valence-electron chi connectivity index (χ1n) is 10.2. The second-order valence-corrected chi connectivity index (χ2v) is 8.25. The maximum absolute atomic E-state index is 14.0. The Bertz CT molecular complexity index is 753. The molecule has 0 aromatic heterocycles. The minimum atomic E-state index is -0.920. The predicted octanol–water partition coefficient (Wildman–Crippen LogP) is 1.92. The highest BCUT2D eigenvalue weighted by Crippen LogP contribution is 2.26. The van der Waals surface area contributed by atoms with Crippen LogP contribution in [0.15, 0.2) is 18.2 Å². The van der Waals surface area contributed by atoms with E-state index in [2.05, 4.69) is 10.2 Å². The van der Waals surface area contributed by atoms with Crippen molar-refractivity contribution in [3.63, 3.8) is 0 Å². The summed E-state index contributed by atoms with van der Waals surface area (Å²) in [6.07, 6.45) is 3.23. The highest BCUT2D eigenvalue weighted by Gasteiger charge is 2.35. The lowest BCUT2D eigenvalue weighted by atomic mass is 9.93. The van der Waals surface area contributed by atoms with Crippen molar-refractivity contribution in [3.8, 4) is 0 Å². The standard InChI is InChI=1S/C21H29F2N3O3/c1-15(27)24-17-5-10-25(11-6-17)14-21(29)7-2-9-26(12-8-21)20(28)18-13-16(22)3-4-19(18)23/h3-4,13,17,29H,2,5-12,14H2,1H3,(H,24,27). The molecule has 8 heteroatoms. The number of nitrogens with one attached hydrogen (secondary N) is 1. The number of carbonyl (C=O) groups excluding carboxylic acids is 2. The van der Waals surface area contributed by atoms with E-state index in [1.165, 1.54) is 11.8 Å². The summed E-state index contributed by atoms with van der Waals surface area (Å²) in [5.74, 6) is -1.95. The molecule has 1 atom stereocenters. The smallest absolute Gasteiger partial charge is 0.256 e. The molecule has 29 heavy (non-hydrogen) atoms. The SMILES string of the molecule is CC(=O)NC1CCN(CC2(O)CCCN(C(=O)c3cc(F)ccc3F)CC2)CC1. The Balaban J connectivity index is 1.55. The van der Waals surface area contributed by atoms with E-state index in [-0.39, 0.29) is 17.5 Å². The summed E-state index contributed by atoms with van der Waals surface area (Å²) in [5.41, 5.74) is -1.19. The largest absolute Gasteiger partial charge is 0.388 e. The number of carbonyl (C=O) groups is 2. The van der Waals surface area contributed by atoms with Crippen LogP contribution in [0.2, 0.25) is 0 Å². The fraction of sp³-hybridized carbons (Fsp3) is 0.619. The number of β-amino-alcohol motifs (C(OH)–C–C–N with tert-alkyl or cyclic N) is 1. The first kappa shape index (κ1) is 21.6. The lowest BCUT2D eigenvalue weighted by molar-refractivity contribution is -0.120. The number of hydrogen-bond acceptors (Lipinski definition) is 4. The molecular weight excluding hydrogens is 380 g/mol. The minimum absolute atomic E-state index is 0.0228. The number of amides is 2. The van der Waals surface area contributed by atoms with Crippen molar-refractivity contribution in [1.82, 2.24) is 15.1 Å². The summed E-state index contributed by atoms with van der Waals surface area (Å²) in [4.78, 5) is 27.5. The van der Waals surface area contributed by atoms with Gasteiger partial charge in [0.05, 0.1) is 11.2 Å². The van der Waals surface area contributed by atoms with Crippen molar-refractivity contribution in [2.75, 3.05) is 32.7 Å². The van der Waals surface area contributed by atoms with E-state index < -0.39 is 23.1 Å². The maximum Gasteiger partial charge on any atom is 0.256 e. The third-order valence-corrected chi connectivity index (χ3v) is 5.88. The van der Waals surface area contributed by atoms with Gasteiger partial charge in [0.25, 0.3) is 5.91 Å². The van der Waals surface area contributed by atoms with Crippen molar-refractivity contribution in [3.05, 3.63) is 35.4 Å². The average molecular weight is 409 g/mol. The van der Waals surface area contributed by atoms with Crippen molar-refractivity contribution < 1.29 is 23.5 Å². The van der Waals surface area contributed by atoms with Crippen molar-refractivity contribution in [1.29, 1.82) is 0 Å². The van der Waals surface area contributed by atoms with E-state index in [0.717, 1.165) is 44.1 Å². The summed E-state index contributed by atoms with van der Waals surface area (Å²) >= 11 is 0. The third kappa shape index (κ3) is 5.73. The molecule has 0 saturated carbocycles. The highest BCUT2D eigenvalue weighted by atomic mass is 19.1. The molecule has 1 unspecified atom stereocenters. The number of rotatable bonds is 4. The zero-order chi connectivity index (χ0) is 21.0. The van der Waals surface area contributed by atoms with Crippen LogP contribution in [-0.4, -0.2) is 71.1 Å². The molecule has 2 fully saturated rings. The Labute approximate surface area is 169 Å². The van der Waals surface area contributed by atoms with E-state index in [9.17, 15) is 23.5 Å². The van der Waals surface area contributed by atoms with Gasteiger partial charge in [-0.3, -0.25) is 9.59 Å². The molecule has 2 saturated heterocycles. The number of aliphatic hydroxyl groups is 1. The van der Waals surface area contributed by atoms with E-state index >= 15 is 0 Å². The predicted molar refractivity (Wildman–Crippen MR) is 104 cm³/mol. The summed E-state index contributed by atoms with van der Waals surface area (Å²) in [7, 11) is 0. The van der Waals surface area contributed by atoms with Gasteiger partial charge >= 0.3 is 0 Å². The van der Waals surface area contributed by atoms with Gasteiger partial charge in [0.1, 0.15) is 11.6 Å². The molecule has 2 aliphatic heterocycles. The molecule has 0 bridgehead atoms. The van der Waals surface area contributed by atoms with E-state index in [1.807, 2.05) is 0 Å². The van der Waals surface area contributed by atoms with Gasteiger partial charge in [0, 0.05) is 45.7 Å². The molecule has 160 valence electrons. The minimum Gasteiger partial charge on any atom is -0.388 e. The topological polar surface area (TPSA) is 72.9 Å². The van der Waals surface area contributed by atoms with Crippen molar-refractivity contribution >= 4 is 11.8 Å². The third-order valence-electron chi connectivity index (χ3n) is 5.88. The fourth-order valence-corrected chi connectivity index (χ4v) is 4.31. The van der Waals surface area contributed by atoms with E-state index in [4.69, 9.17) is 0 Å². The molecule has 0 spiro atoms. The second kappa shape index (κ2) is 9.17. The number of nitrogens with zero attached hydrogens (tertiary/aromatic N) is 2. The molecule has 6 nitrogen and oxygen atoms in total. The van der Waals surface area contributed by atoms with Crippen LogP contribution in [-0.2, 0) is 4.79 Å². The van der Waals surface area contributed by atoms with E-state index in [0.29, 0.717) is 38.9 Å². The average Bonchev–Trinajstić information content (AvgIpc) is 2.86. The molecule has 2 N–H and O–H groups in total. The number of benzene rings is 1. The highest BCUT2D eigenvalue weighted by molar-refractivity contribution is 5.94. The van der Waals surface area contributed by atoms with Crippen LogP contribution in [0.4, 0.5) is 8.78 Å². The van der Waals surface area contributed by atoms with Crippen LogP contribution in [0.3, 0.4) is 0 Å². The molecule has 3 rings (SSSR count). The van der Waals surface area contributed by atoms with Gasteiger partial charge in [-0.15, -0.1) is 0 Å². The lowest BCUT2D eigenvalue weighted by Gasteiger charge is -2.38. The Kier molecular flexibility index (Phi) is 6.85. The molecule has 1 aromatic carbocycles. The van der Waals surface area contributed by atoms with Crippen LogP contribution in [0.1, 0.15) is 49.4 Å². The van der Waals surface area contributed by atoms with E-state index in [1.54, 1.807) is 0 Å².